The SMILES string of the molecule is C=C(C)/C=C\C(=C/C)c1ccc(NC(=O)Cc2ccc(C(C)(F)F)cc2Cl)cc1SN. The second-order valence-electron chi connectivity index (χ2n) is 7.17. The van der Waals surface area contributed by atoms with Gasteiger partial charge in [-0.2, -0.15) is 0 Å². The Morgan fingerprint density at radius 2 is 1.97 bits per heavy atom. The van der Waals surface area contributed by atoms with Gasteiger partial charge in [-0.05, 0) is 60.7 Å². The Hall–Kier alpha value is -2.41. The van der Waals surface area contributed by atoms with E-state index in [-0.39, 0.29) is 22.9 Å². The number of halogens is 3. The Bertz CT molecular complexity index is 1040. The molecule has 0 aliphatic heterocycles. The van der Waals surface area contributed by atoms with Crippen LogP contribution in [0.3, 0.4) is 0 Å². The average Bonchev–Trinajstić information content (AvgIpc) is 2.69. The molecule has 7 heteroatoms. The number of nitrogens with two attached hydrogens (primary N) is 1. The Morgan fingerprint density at radius 1 is 1.26 bits per heavy atom. The first-order chi connectivity index (χ1) is 14.5. The van der Waals surface area contributed by atoms with Crippen molar-refractivity contribution in [3.8, 4) is 0 Å². The molecule has 0 aliphatic carbocycles. The molecule has 0 saturated carbocycles. The highest BCUT2D eigenvalue weighted by molar-refractivity contribution is 7.97. The molecule has 0 fully saturated rings. The largest absolute Gasteiger partial charge is 0.326 e. The van der Waals surface area contributed by atoms with Crippen molar-refractivity contribution >= 4 is 40.7 Å². The van der Waals surface area contributed by atoms with Gasteiger partial charge in [-0.1, -0.05) is 60.2 Å². The Balaban J connectivity index is 2.18. The molecule has 0 spiro atoms. The van der Waals surface area contributed by atoms with Gasteiger partial charge in [-0.15, -0.1) is 0 Å². The zero-order valence-electron chi connectivity index (χ0n) is 17.6. The number of carbonyl (C=O) groups excluding carboxylic acids is 1. The Morgan fingerprint density at radius 3 is 2.52 bits per heavy atom. The molecule has 2 rings (SSSR count). The second kappa shape index (κ2) is 10.8. The van der Waals surface area contributed by atoms with E-state index in [2.05, 4.69) is 11.9 Å². The van der Waals surface area contributed by atoms with E-state index in [9.17, 15) is 13.6 Å². The lowest BCUT2D eigenvalue weighted by Crippen LogP contribution is -2.15. The lowest BCUT2D eigenvalue weighted by molar-refractivity contribution is -0.115. The first kappa shape index (κ1) is 24.9. The highest BCUT2D eigenvalue weighted by atomic mass is 35.5. The maximum Gasteiger partial charge on any atom is 0.270 e. The zero-order chi connectivity index (χ0) is 23.2. The first-order valence-corrected chi connectivity index (χ1v) is 10.8. The summed E-state index contributed by atoms with van der Waals surface area (Å²) >= 11 is 7.19. The third-order valence-corrected chi connectivity index (χ3v) is 5.42. The number of hydrogen-bond donors (Lipinski definition) is 2. The van der Waals surface area contributed by atoms with Crippen LogP contribution in [0.4, 0.5) is 14.5 Å². The Kier molecular flexibility index (Phi) is 8.62. The molecule has 0 aliphatic rings. The zero-order valence-corrected chi connectivity index (χ0v) is 19.2. The summed E-state index contributed by atoms with van der Waals surface area (Å²) in [6.07, 6.45) is 5.81. The van der Waals surface area contributed by atoms with Crippen LogP contribution in [0.25, 0.3) is 5.57 Å². The van der Waals surface area contributed by atoms with Gasteiger partial charge in [0.25, 0.3) is 5.92 Å². The lowest BCUT2D eigenvalue weighted by Gasteiger charge is -2.14. The molecule has 0 saturated heterocycles. The van der Waals surface area contributed by atoms with Crippen molar-refractivity contribution in [1.29, 1.82) is 0 Å². The van der Waals surface area contributed by atoms with Crippen molar-refractivity contribution in [1.82, 2.24) is 0 Å². The molecule has 31 heavy (non-hydrogen) atoms. The highest BCUT2D eigenvalue weighted by Gasteiger charge is 2.25. The summed E-state index contributed by atoms with van der Waals surface area (Å²) in [7, 11) is 0. The summed E-state index contributed by atoms with van der Waals surface area (Å²) in [6.45, 7) is 8.51. The van der Waals surface area contributed by atoms with Crippen LogP contribution in [-0.2, 0) is 17.1 Å². The third kappa shape index (κ3) is 7.06. The van der Waals surface area contributed by atoms with Crippen molar-refractivity contribution in [3.63, 3.8) is 0 Å². The lowest BCUT2D eigenvalue weighted by atomic mass is 10.0. The summed E-state index contributed by atoms with van der Waals surface area (Å²) in [5.41, 5.74) is 3.70. The molecule has 3 N–H and O–H groups in total. The van der Waals surface area contributed by atoms with Crippen LogP contribution >= 0.6 is 23.5 Å². The van der Waals surface area contributed by atoms with Crippen LogP contribution in [0.5, 0.6) is 0 Å². The predicted molar refractivity (Wildman–Crippen MR) is 127 cm³/mol. The molecule has 2 aromatic carbocycles. The fourth-order valence-electron chi connectivity index (χ4n) is 2.85. The van der Waals surface area contributed by atoms with Crippen molar-refractivity contribution in [3.05, 3.63) is 88.5 Å². The molecule has 0 heterocycles. The third-order valence-electron chi connectivity index (χ3n) is 4.47. The molecule has 164 valence electrons. The van der Waals surface area contributed by atoms with E-state index >= 15 is 0 Å². The summed E-state index contributed by atoms with van der Waals surface area (Å²) in [6, 6.07) is 9.38. The van der Waals surface area contributed by atoms with E-state index < -0.39 is 5.92 Å². The van der Waals surface area contributed by atoms with Crippen molar-refractivity contribution in [2.24, 2.45) is 5.14 Å². The minimum Gasteiger partial charge on any atom is -0.326 e. The van der Waals surface area contributed by atoms with E-state index in [1.807, 2.05) is 38.1 Å². The van der Waals surface area contributed by atoms with Crippen molar-refractivity contribution in [2.45, 2.75) is 38.0 Å². The number of allylic oxidation sites excluding steroid dienone is 5. The van der Waals surface area contributed by atoms with E-state index in [1.165, 1.54) is 18.2 Å². The second-order valence-corrected chi connectivity index (χ2v) is 8.25. The van der Waals surface area contributed by atoms with Gasteiger partial charge in [0.15, 0.2) is 0 Å². The fraction of sp³-hybridized carbons (Fsp3) is 0.208. The molecule has 0 atom stereocenters. The topological polar surface area (TPSA) is 55.1 Å². The smallest absolute Gasteiger partial charge is 0.270 e. The summed E-state index contributed by atoms with van der Waals surface area (Å²) in [5.74, 6) is -3.31. The van der Waals surface area contributed by atoms with E-state index in [0.29, 0.717) is 11.3 Å². The molecule has 0 radical (unpaired) electrons. The van der Waals surface area contributed by atoms with Crippen LogP contribution in [0.2, 0.25) is 5.02 Å². The molecule has 0 bridgehead atoms. The highest BCUT2D eigenvalue weighted by Crippen LogP contribution is 2.31. The minimum absolute atomic E-state index is 0.0390. The van der Waals surface area contributed by atoms with Gasteiger partial charge in [0.1, 0.15) is 0 Å². The van der Waals surface area contributed by atoms with Crippen LogP contribution < -0.4 is 10.5 Å². The van der Waals surface area contributed by atoms with Crippen molar-refractivity contribution in [2.75, 3.05) is 5.32 Å². The average molecular weight is 463 g/mol. The molecule has 2 aromatic rings. The molecule has 3 nitrogen and oxygen atoms in total. The quantitative estimate of drug-likeness (QED) is 0.324. The number of hydrogen-bond acceptors (Lipinski definition) is 3. The number of benzene rings is 2. The number of amides is 1. The van der Waals surface area contributed by atoms with Gasteiger partial charge < -0.3 is 5.32 Å². The van der Waals surface area contributed by atoms with Gasteiger partial charge in [0.2, 0.25) is 5.91 Å². The van der Waals surface area contributed by atoms with Crippen LogP contribution in [0, 0.1) is 0 Å². The molecular weight excluding hydrogens is 438 g/mol. The number of nitrogens with one attached hydrogen (secondary N) is 1. The molecule has 0 aromatic heterocycles. The first-order valence-electron chi connectivity index (χ1n) is 9.52. The van der Waals surface area contributed by atoms with Crippen molar-refractivity contribution < 1.29 is 13.6 Å². The number of carbonyl (C=O) groups is 1. The maximum atomic E-state index is 13.4. The van der Waals surface area contributed by atoms with Gasteiger partial charge in [0.05, 0.1) is 6.42 Å². The van der Waals surface area contributed by atoms with E-state index in [1.54, 1.807) is 12.1 Å². The van der Waals surface area contributed by atoms with Gasteiger partial charge >= 0.3 is 0 Å². The summed E-state index contributed by atoms with van der Waals surface area (Å²) in [4.78, 5) is 13.3. The van der Waals surface area contributed by atoms with Crippen LogP contribution in [0.15, 0.2) is 71.7 Å². The van der Waals surface area contributed by atoms with Gasteiger partial charge in [-0.25, -0.2) is 8.78 Å². The number of alkyl halides is 2. The Labute approximate surface area is 191 Å². The molecule has 1 amide bonds. The van der Waals surface area contributed by atoms with E-state index in [0.717, 1.165) is 40.5 Å². The standard InChI is InChI=1S/C24H25ClF2N2OS/c1-5-16(7-6-15(2)3)20-11-10-19(14-22(20)31-28)29-23(30)12-17-8-9-18(13-21(17)25)24(4,26)27/h5-11,13-14H,2,12,28H2,1,3-4H3,(H,29,30)/b7-6-,16-5+. The monoisotopic (exact) mass is 462 g/mol. The number of rotatable bonds is 8. The van der Waals surface area contributed by atoms with Crippen LogP contribution in [0.1, 0.15) is 37.5 Å². The van der Waals surface area contributed by atoms with Gasteiger partial charge in [0, 0.05) is 28.1 Å². The normalized spacial score (nSPS) is 12.3. The molecular formula is C24H25ClF2N2OS. The minimum atomic E-state index is -2.99. The predicted octanol–water partition coefficient (Wildman–Crippen LogP) is 7.13. The van der Waals surface area contributed by atoms with Gasteiger partial charge in [-0.3, -0.25) is 9.93 Å². The number of anilines is 1. The van der Waals surface area contributed by atoms with Crippen LogP contribution in [-0.4, -0.2) is 5.91 Å². The summed E-state index contributed by atoms with van der Waals surface area (Å²) < 4.78 is 26.9. The molecule has 0 unspecified atom stereocenters. The summed E-state index contributed by atoms with van der Waals surface area (Å²) in [5, 5.41) is 8.78. The fourth-order valence-corrected chi connectivity index (χ4v) is 3.61. The van der Waals surface area contributed by atoms with E-state index in [4.69, 9.17) is 16.7 Å². The maximum absolute atomic E-state index is 13.4.